The Bertz CT molecular complexity index is 810. The number of rotatable bonds is 4. The summed E-state index contributed by atoms with van der Waals surface area (Å²) in [6.45, 7) is 0. The highest BCUT2D eigenvalue weighted by molar-refractivity contribution is 5.95. The second kappa shape index (κ2) is 5.73. The molecule has 0 aliphatic heterocycles. The highest BCUT2D eigenvalue weighted by Crippen LogP contribution is 2.31. The van der Waals surface area contributed by atoms with Crippen LogP contribution >= 0.6 is 0 Å². The monoisotopic (exact) mass is 294 g/mol. The molecule has 0 aliphatic carbocycles. The third-order valence-electron chi connectivity index (χ3n) is 3.33. The molecule has 1 heterocycles. The molecule has 3 rings (SSSR count). The average molecular weight is 294 g/mol. The van der Waals surface area contributed by atoms with Crippen molar-refractivity contribution in [2.75, 3.05) is 7.11 Å². The van der Waals surface area contributed by atoms with Crippen molar-refractivity contribution in [2.45, 2.75) is 0 Å². The zero-order chi connectivity index (χ0) is 15.5. The first-order valence-corrected chi connectivity index (χ1v) is 6.72. The number of aromatic carboxylic acids is 1. The van der Waals surface area contributed by atoms with E-state index in [0.29, 0.717) is 17.0 Å². The van der Waals surface area contributed by atoms with E-state index in [4.69, 9.17) is 4.74 Å². The van der Waals surface area contributed by atoms with Gasteiger partial charge in [0.2, 0.25) is 0 Å². The number of nitrogens with zero attached hydrogens (tertiary/aromatic N) is 2. The molecule has 5 nitrogen and oxygen atoms in total. The fourth-order valence-electron chi connectivity index (χ4n) is 2.28. The SMILES string of the molecule is COc1ccccc1-c1nn(-c2ccccc2)cc1C(=O)O. The minimum atomic E-state index is -1.02. The fraction of sp³-hybridized carbons (Fsp3) is 0.0588. The Kier molecular flexibility index (Phi) is 3.62. The Hall–Kier alpha value is -3.08. The van der Waals surface area contributed by atoms with Crippen molar-refractivity contribution in [1.82, 2.24) is 9.78 Å². The molecular formula is C17H14N2O3. The zero-order valence-corrected chi connectivity index (χ0v) is 11.9. The quantitative estimate of drug-likeness (QED) is 0.802. The molecule has 5 heteroatoms. The van der Waals surface area contributed by atoms with Gasteiger partial charge in [-0.05, 0) is 24.3 Å². The van der Waals surface area contributed by atoms with Crippen molar-refractivity contribution in [3.05, 3.63) is 66.4 Å². The lowest BCUT2D eigenvalue weighted by molar-refractivity contribution is 0.0697. The van der Waals surface area contributed by atoms with E-state index in [-0.39, 0.29) is 5.56 Å². The van der Waals surface area contributed by atoms with Gasteiger partial charge in [-0.25, -0.2) is 9.48 Å². The van der Waals surface area contributed by atoms with Crippen molar-refractivity contribution < 1.29 is 14.6 Å². The number of hydrogen-bond donors (Lipinski definition) is 1. The first-order chi connectivity index (χ1) is 10.7. The van der Waals surface area contributed by atoms with E-state index in [1.54, 1.807) is 23.9 Å². The lowest BCUT2D eigenvalue weighted by atomic mass is 10.1. The van der Waals surface area contributed by atoms with Gasteiger partial charge in [-0.3, -0.25) is 0 Å². The highest BCUT2D eigenvalue weighted by Gasteiger charge is 2.20. The molecule has 0 spiro atoms. The minimum absolute atomic E-state index is 0.133. The number of para-hydroxylation sites is 2. The topological polar surface area (TPSA) is 64.4 Å². The summed E-state index contributed by atoms with van der Waals surface area (Å²) in [7, 11) is 1.55. The van der Waals surface area contributed by atoms with Crippen LogP contribution in [0.15, 0.2) is 60.8 Å². The van der Waals surface area contributed by atoms with Gasteiger partial charge in [-0.2, -0.15) is 5.10 Å². The van der Waals surface area contributed by atoms with Crippen LogP contribution in [0.25, 0.3) is 16.9 Å². The molecule has 3 aromatic rings. The third-order valence-corrected chi connectivity index (χ3v) is 3.33. The molecular weight excluding hydrogens is 280 g/mol. The second-order valence-corrected chi connectivity index (χ2v) is 4.68. The number of hydrogen-bond acceptors (Lipinski definition) is 3. The number of carboxylic acids is 1. The van der Waals surface area contributed by atoms with E-state index in [0.717, 1.165) is 5.69 Å². The summed E-state index contributed by atoms with van der Waals surface area (Å²) >= 11 is 0. The molecule has 0 amide bonds. The zero-order valence-electron chi connectivity index (χ0n) is 11.9. The van der Waals surface area contributed by atoms with E-state index < -0.39 is 5.97 Å². The van der Waals surface area contributed by atoms with Crippen LogP contribution < -0.4 is 4.74 Å². The Morgan fingerprint density at radius 2 is 1.77 bits per heavy atom. The van der Waals surface area contributed by atoms with Gasteiger partial charge < -0.3 is 9.84 Å². The van der Waals surface area contributed by atoms with Gasteiger partial charge in [0.25, 0.3) is 0 Å². The first kappa shape index (κ1) is 13.9. The lowest BCUT2D eigenvalue weighted by Gasteiger charge is -2.06. The molecule has 1 N–H and O–H groups in total. The van der Waals surface area contributed by atoms with E-state index >= 15 is 0 Å². The molecule has 0 bridgehead atoms. The predicted octanol–water partition coefficient (Wildman–Crippen LogP) is 3.25. The number of benzene rings is 2. The molecule has 0 saturated heterocycles. The summed E-state index contributed by atoms with van der Waals surface area (Å²) < 4.78 is 6.87. The average Bonchev–Trinajstić information content (AvgIpc) is 3.01. The summed E-state index contributed by atoms with van der Waals surface area (Å²) in [6.07, 6.45) is 1.51. The Balaban J connectivity index is 2.19. The van der Waals surface area contributed by atoms with Gasteiger partial charge in [0.1, 0.15) is 17.0 Å². The molecule has 0 saturated carbocycles. The predicted molar refractivity (Wildman–Crippen MR) is 82.5 cm³/mol. The van der Waals surface area contributed by atoms with E-state index in [1.807, 2.05) is 42.5 Å². The van der Waals surface area contributed by atoms with Crippen LogP contribution in [0.5, 0.6) is 5.75 Å². The van der Waals surface area contributed by atoms with Gasteiger partial charge in [0, 0.05) is 11.8 Å². The number of carboxylic acid groups (broad SMARTS) is 1. The van der Waals surface area contributed by atoms with Gasteiger partial charge in [0.05, 0.1) is 12.8 Å². The van der Waals surface area contributed by atoms with Crippen molar-refractivity contribution >= 4 is 5.97 Å². The number of methoxy groups -OCH3 is 1. The summed E-state index contributed by atoms with van der Waals surface area (Å²) in [6, 6.07) is 16.6. The summed E-state index contributed by atoms with van der Waals surface area (Å²) in [4.78, 5) is 11.5. The van der Waals surface area contributed by atoms with Crippen molar-refractivity contribution in [3.63, 3.8) is 0 Å². The maximum atomic E-state index is 11.5. The summed E-state index contributed by atoms with van der Waals surface area (Å²) in [5, 5.41) is 13.9. The Labute approximate surface area is 127 Å². The normalized spacial score (nSPS) is 10.4. The Morgan fingerprint density at radius 1 is 1.09 bits per heavy atom. The highest BCUT2D eigenvalue weighted by atomic mass is 16.5. The van der Waals surface area contributed by atoms with E-state index in [9.17, 15) is 9.90 Å². The lowest BCUT2D eigenvalue weighted by Crippen LogP contribution is -1.97. The standard InChI is InChI=1S/C17H14N2O3/c1-22-15-10-6-5-9-13(15)16-14(17(20)21)11-19(18-16)12-7-3-2-4-8-12/h2-11H,1H3,(H,20,21). The van der Waals surface area contributed by atoms with Gasteiger partial charge in [-0.15, -0.1) is 0 Å². The minimum Gasteiger partial charge on any atom is -0.496 e. The third kappa shape index (κ3) is 2.44. The molecule has 2 aromatic carbocycles. The van der Waals surface area contributed by atoms with E-state index in [1.165, 1.54) is 6.20 Å². The molecule has 0 radical (unpaired) electrons. The first-order valence-electron chi connectivity index (χ1n) is 6.72. The molecule has 0 fully saturated rings. The number of carbonyl (C=O) groups is 1. The smallest absolute Gasteiger partial charge is 0.339 e. The molecule has 1 aromatic heterocycles. The Morgan fingerprint density at radius 3 is 2.45 bits per heavy atom. The number of aromatic nitrogens is 2. The van der Waals surface area contributed by atoms with E-state index in [2.05, 4.69) is 5.10 Å². The van der Waals surface area contributed by atoms with Crippen molar-refractivity contribution in [3.8, 4) is 22.7 Å². The van der Waals surface area contributed by atoms with Crippen molar-refractivity contribution in [2.24, 2.45) is 0 Å². The van der Waals surface area contributed by atoms with Crippen LogP contribution in [0.3, 0.4) is 0 Å². The molecule has 22 heavy (non-hydrogen) atoms. The van der Waals surface area contributed by atoms with Gasteiger partial charge >= 0.3 is 5.97 Å². The van der Waals surface area contributed by atoms with Crippen LogP contribution in [-0.2, 0) is 0 Å². The molecule has 110 valence electrons. The fourth-order valence-corrected chi connectivity index (χ4v) is 2.28. The van der Waals surface area contributed by atoms with Crippen LogP contribution in [-0.4, -0.2) is 28.0 Å². The van der Waals surface area contributed by atoms with Crippen molar-refractivity contribution in [1.29, 1.82) is 0 Å². The molecule has 0 unspecified atom stereocenters. The van der Waals surface area contributed by atoms with Crippen LogP contribution in [0.1, 0.15) is 10.4 Å². The largest absolute Gasteiger partial charge is 0.496 e. The van der Waals surface area contributed by atoms with Crippen LogP contribution in [0.2, 0.25) is 0 Å². The maximum Gasteiger partial charge on any atom is 0.339 e. The van der Waals surface area contributed by atoms with Gasteiger partial charge in [0.15, 0.2) is 0 Å². The molecule has 0 aliphatic rings. The van der Waals surface area contributed by atoms with Crippen LogP contribution in [0.4, 0.5) is 0 Å². The summed E-state index contributed by atoms with van der Waals surface area (Å²) in [5.41, 5.74) is 1.96. The maximum absolute atomic E-state index is 11.5. The molecule has 0 atom stereocenters. The van der Waals surface area contributed by atoms with Crippen LogP contribution in [0, 0.1) is 0 Å². The summed E-state index contributed by atoms with van der Waals surface area (Å²) in [5.74, 6) is -0.439. The number of ether oxygens (including phenoxy) is 1. The van der Waals surface area contributed by atoms with Gasteiger partial charge in [-0.1, -0.05) is 30.3 Å². The second-order valence-electron chi connectivity index (χ2n) is 4.68.